The van der Waals surface area contributed by atoms with E-state index in [0.717, 1.165) is 0 Å². The fourth-order valence-electron chi connectivity index (χ4n) is 1.33. The summed E-state index contributed by atoms with van der Waals surface area (Å²) in [6, 6.07) is 0. The number of halogens is 1. The summed E-state index contributed by atoms with van der Waals surface area (Å²) in [6.07, 6.45) is -1.75. The summed E-state index contributed by atoms with van der Waals surface area (Å²) >= 11 is 0. The van der Waals surface area contributed by atoms with Gasteiger partial charge in [0.2, 0.25) is 0 Å². The Bertz CT molecular complexity index is 160. The summed E-state index contributed by atoms with van der Waals surface area (Å²) in [5.41, 5.74) is 0. The third-order valence-corrected chi connectivity index (χ3v) is 2.08. The molecule has 3 nitrogen and oxygen atoms in total. The van der Waals surface area contributed by atoms with Gasteiger partial charge in [0.25, 0.3) is 0 Å². The topological polar surface area (TPSA) is 57.5 Å². The van der Waals surface area contributed by atoms with E-state index in [1.54, 1.807) is 0 Å². The van der Waals surface area contributed by atoms with Gasteiger partial charge in [0.15, 0.2) is 0 Å². The first kappa shape index (κ1) is 8.46. The molecule has 0 amide bonds. The highest BCUT2D eigenvalue weighted by atomic mass is 19.1. The molecule has 0 aliphatic heterocycles. The van der Waals surface area contributed by atoms with Crippen LogP contribution in [0.1, 0.15) is 19.3 Å². The van der Waals surface area contributed by atoms with Crippen molar-refractivity contribution in [2.24, 2.45) is 5.92 Å². The maximum absolute atomic E-state index is 12.6. The Morgan fingerprint density at radius 3 is 2.55 bits per heavy atom. The highest BCUT2D eigenvalue weighted by Gasteiger charge is 2.32. The van der Waals surface area contributed by atoms with Crippen LogP contribution in [0.3, 0.4) is 0 Å². The first-order chi connectivity index (χ1) is 5.11. The quantitative estimate of drug-likeness (QED) is 0.592. The van der Waals surface area contributed by atoms with Gasteiger partial charge in [-0.3, -0.25) is 4.79 Å². The largest absolute Gasteiger partial charge is 0.481 e. The molecule has 1 fully saturated rings. The number of hydrogen-bond donors (Lipinski definition) is 2. The van der Waals surface area contributed by atoms with Crippen LogP contribution in [0.5, 0.6) is 0 Å². The Hall–Kier alpha value is -0.640. The number of aliphatic carboxylic acids is 1. The number of alkyl halides is 1. The normalized spacial score (nSPS) is 38.5. The molecule has 0 aromatic heterocycles. The van der Waals surface area contributed by atoms with Crippen LogP contribution in [0, 0.1) is 5.92 Å². The molecular formula is C7H11FO3. The molecule has 11 heavy (non-hydrogen) atoms. The van der Waals surface area contributed by atoms with E-state index in [9.17, 15) is 9.18 Å². The summed E-state index contributed by atoms with van der Waals surface area (Å²) in [4.78, 5) is 10.4. The predicted molar refractivity (Wildman–Crippen MR) is 35.9 cm³/mol. The van der Waals surface area contributed by atoms with Gasteiger partial charge in [-0.15, -0.1) is 0 Å². The van der Waals surface area contributed by atoms with Gasteiger partial charge in [0, 0.05) is 0 Å². The van der Waals surface area contributed by atoms with Gasteiger partial charge in [-0.1, -0.05) is 0 Å². The summed E-state index contributed by atoms with van der Waals surface area (Å²) in [6.45, 7) is 0. The number of hydrogen-bond acceptors (Lipinski definition) is 2. The molecule has 64 valence electrons. The van der Waals surface area contributed by atoms with Crippen LogP contribution < -0.4 is 0 Å². The van der Waals surface area contributed by atoms with E-state index in [4.69, 9.17) is 10.2 Å². The van der Waals surface area contributed by atoms with Gasteiger partial charge in [0.05, 0.1) is 12.0 Å². The van der Waals surface area contributed by atoms with Crippen molar-refractivity contribution in [2.45, 2.75) is 31.5 Å². The minimum absolute atomic E-state index is 0.0521. The summed E-state index contributed by atoms with van der Waals surface area (Å²) in [7, 11) is 0. The Morgan fingerprint density at radius 1 is 1.45 bits per heavy atom. The van der Waals surface area contributed by atoms with E-state index in [-0.39, 0.29) is 12.8 Å². The second-order valence-corrected chi connectivity index (χ2v) is 2.93. The van der Waals surface area contributed by atoms with E-state index in [1.165, 1.54) is 0 Å². The van der Waals surface area contributed by atoms with Crippen molar-refractivity contribution in [1.29, 1.82) is 0 Å². The first-order valence-electron chi connectivity index (χ1n) is 3.66. The standard InChI is InChI=1S/C7H11FO3/c8-5-2-1-4(7(10)11)3-6(5)9/h4-6,9H,1-3H2,(H,10,11). The summed E-state index contributed by atoms with van der Waals surface area (Å²) < 4.78 is 12.6. The Morgan fingerprint density at radius 2 is 2.09 bits per heavy atom. The monoisotopic (exact) mass is 162 g/mol. The zero-order valence-corrected chi connectivity index (χ0v) is 6.03. The van der Waals surface area contributed by atoms with Crippen LogP contribution in [0.2, 0.25) is 0 Å². The molecule has 1 rings (SSSR count). The fourth-order valence-corrected chi connectivity index (χ4v) is 1.33. The van der Waals surface area contributed by atoms with Crippen molar-refractivity contribution in [2.75, 3.05) is 0 Å². The molecule has 4 heteroatoms. The molecule has 0 spiro atoms. The smallest absolute Gasteiger partial charge is 0.306 e. The molecule has 0 bridgehead atoms. The zero-order chi connectivity index (χ0) is 8.43. The van der Waals surface area contributed by atoms with Gasteiger partial charge >= 0.3 is 5.97 Å². The Labute approximate surface area is 63.8 Å². The Kier molecular flexibility index (Phi) is 2.44. The maximum Gasteiger partial charge on any atom is 0.306 e. The third kappa shape index (κ3) is 1.89. The van der Waals surface area contributed by atoms with Crippen LogP contribution in [0.25, 0.3) is 0 Å². The molecule has 0 heterocycles. The van der Waals surface area contributed by atoms with Gasteiger partial charge < -0.3 is 10.2 Å². The van der Waals surface area contributed by atoms with Crippen molar-refractivity contribution in [1.82, 2.24) is 0 Å². The summed E-state index contributed by atoms with van der Waals surface area (Å²) in [5.74, 6) is -1.49. The van der Waals surface area contributed by atoms with Crippen LogP contribution in [-0.2, 0) is 4.79 Å². The van der Waals surface area contributed by atoms with Crippen molar-refractivity contribution >= 4 is 5.97 Å². The van der Waals surface area contributed by atoms with E-state index in [1.807, 2.05) is 0 Å². The van der Waals surface area contributed by atoms with Gasteiger partial charge in [-0.25, -0.2) is 4.39 Å². The van der Waals surface area contributed by atoms with E-state index in [0.29, 0.717) is 6.42 Å². The highest BCUT2D eigenvalue weighted by Crippen LogP contribution is 2.26. The summed E-state index contributed by atoms with van der Waals surface area (Å²) in [5, 5.41) is 17.5. The van der Waals surface area contributed by atoms with Crippen LogP contribution in [-0.4, -0.2) is 28.5 Å². The average molecular weight is 162 g/mol. The molecule has 1 saturated carbocycles. The molecule has 0 aromatic carbocycles. The number of aliphatic hydroxyl groups excluding tert-OH is 1. The second kappa shape index (κ2) is 3.17. The third-order valence-electron chi connectivity index (χ3n) is 2.08. The average Bonchev–Trinajstić information content (AvgIpc) is 1.94. The molecule has 0 aromatic rings. The molecule has 0 radical (unpaired) electrons. The molecule has 3 unspecified atom stereocenters. The van der Waals surface area contributed by atoms with Crippen molar-refractivity contribution in [3.05, 3.63) is 0 Å². The lowest BCUT2D eigenvalue weighted by Gasteiger charge is -2.25. The molecule has 0 saturated heterocycles. The van der Waals surface area contributed by atoms with Crippen molar-refractivity contribution in [3.63, 3.8) is 0 Å². The van der Waals surface area contributed by atoms with E-state index < -0.39 is 24.2 Å². The van der Waals surface area contributed by atoms with Crippen LogP contribution in [0.4, 0.5) is 4.39 Å². The van der Waals surface area contributed by atoms with Gasteiger partial charge in [-0.2, -0.15) is 0 Å². The lowest BCUT2D eigenvalue weighted by atomic mass is 9.86. The van der Waals surface area contributed by atoms with Crippen molar-refractivity contribution < 1.29 is 19.4 Å². The number of rotatable bonds is 1. The zero-order valence-electron chi connectivity index (χ0n) is 6.03. The first-order valence-corrected chi connectivity index (χ1v) is 3.66. The van der Waals surface area contributed by atoms with Crippen LogP contribution in [0.15, 0.2) is 0 Å². The molecule has 1 aliphatic rings. The van der Waals surface area contributed by atoms with E-state index >= 15 is 0 Å². The van der Waals surface area contributed by atoms with Crippen LogP contribution >= 0.6 is 0 Å². The highest BCUT2D eigenvalue weighted by molar-refractivity contribution is 5.70. The van der Waals surface area contributed by atoms with Crippen molar-refractivity contribution in [3.8, 4) is 0 Å². The SMILES string of the molecule is O=C(O)C1CCC(F)C(O)C1. The van der Waals surface area contributed by atoms with Gasteiger partial charge in [0.1, 0.15) is 6.17 Å². The second-order valence-electron chi connectivity index (χ2n) is 2.93. The maximum atomic E-state index is 12.6. The molecule has 3 atom stereocenters. The number of carboxylic acids is 1. The lowest BCUT2D eigenvalue weighted by molar-refractivity contribution is -0.145. The minimum Gasteiger partial charge on any atom is -0.481 e. The predicted octanol–water partition coefficient (Wildman–Crippen LogP) is 0.570. The Balaban J connectivity index is 2.46. The van der Waals surface area contributed by atoms with E-state index in [2.05, 4.69) is 0 Å². The number of carbonyl (C=O) groups is 1. The molecule has 2 N–H and O–H groups in total. The number of aliphatic hydroxyl groups is 1. The van der Waals surface area contributed by atoms with Gasteiger partial charge in [-0.05, 0) is 19.3 Å². The molecular weight excluding hydrogens is 151 g/mol. The molecule has 1 aliphatic carbocycles. The minimum atomic E-state index is -1.23. The fraction of sp³-hybridized carbons (Fsp3) is 0.857. The lowest BCUT2D eigenvalue weighted by Crippen LogP contribution is -2.33. The number of carboxylic acid groups (broad SMARTS) is 1.